The minimum Gasteiger partial charge on any atom is -0.496 e. The van der Waals surface area contributed by atoms with Gasteiger partial charge in [0.25, 0.3) is 5.91 Å². The number of aromatic nitrogens is 1. The number of thiophene rings is 1. The van der Waals surface area contributed by atoms with E-state index in [-0.39, 0.29) is 21.0 Å². The molecule has 1 aliphatic heterocycles. The molecule has 1 amide bonds. The molecule has 4 heterocycles. The van der Waals surface area contributed by atoms with Gasteiger partial charge in [0, 0.05) is 22.1 Å². The van der Waals surface area contributed by atoms with Crippen LogP contribution in [0, 0.1) is 6.92 Å². The second-order valence-electron chi connectivity index (χ2n) is 7.58. The summed E-state index contributed by atoms with van der Waals surface area (Å²) in [6.07, 6.45) is -3.99. The molecule has 1 atom stereocenters. The van der Waals surface area contributed by atoms with Crippen molar-refractivity contribution in [1.29, 1.82) is 0 Å². The number of ether oxygens (including phenoxy) is 2. The largest absolute Gasteiger partial charge is 0.496 e. The molecule has 34 heavy (non-hydrogen) atoms. The Morgan fingerprint density at radius 2 is 1.94 bits per heavy atom. The zero-order valence-electron chi connectivity index (χ0n) is 18.2. The Morgan fingerprint density at radius 3 is 2.59 bits per heavy atom. The highest BCUT2D eigenvalue weighted by molar-refractivity contribution is 7.21. The Kier molecular flexibility index (Phi) is 5.16. The van der Waals surface area contributed by atoms with Gasteiger partial charge in [-0.05, 0) is 37.3 Å². The Morgan fingerprint density at radius 1 is 1.15 bits per heavy atom. The molecule has 1 aliphatic rings. The Bertz CT molecular complexity index is 1410. The monoisotopic (exact) mass is 489 g/mol. The summed E-state index contributed by atoms with van der Waals surface area (Å²) in [5.74, 6) is 0.939. The molecule has 4 aromatic rings. The number of carbonyl (C=O) groups is 1. The number of halogens is 3. The highest BCUT2D eigenvalue weighted by atomic mass is 32.1. The van der Waals surface area contributed by atoms with Crippen molar-refractivity contribution in [1.82, 2.24) is 10.3 Å². The number of pyridine rings is 1. The van der Waals surface area contributed by atoms with Gasteiger partial charge in [-0.3, -0.25) is 4.79 Å². The van der Waals surface area contributed by atoms with Gasteiger partial charge in [-0.25, -0.2) is 4.98 Å². The SMILES string of the molecule is COc1ccc([C@H]2NC(=O)c3sc4nc(C(F)(F)F)cc(-c5ccco5)c4c3N2)c(OC)c1C. The molecule has 0 unspecified atom stereocenters. The van der Waals surface area contributed by atoms with Crippen LogP contribution in [0.4, 0.5) is 18.9 Å². The number of fused-ring (bicyclic) bond motifs is 3. The number of nitrogens with zero attached hydrogens (tertiary/aromatic N) is 1. The van der Waals surface area contributed by atoms with E-state index >= 15 is 0 Å². The molecule has 7 nitrogen and oxygen atoms in total. The number of rotatable bonds is 4. The molecule has 3 aromatic heterocycles. The number of carbonyl (C=O) groups excluding carboxylic acids is 1. The van der Waals surface area contributed by atoms with E-state index < -0.39 is 23.9 Å². The zero-order chi connectivity index (χ0) is 24.2. The number of alkyl halides is 3. The molecule has 0 spiro atoms. The van der Waals surface area contributed by atoms with Gasteiger partial charge in [-0.1, -0.05) is 0 Å². The topological polar surface area (TPSA) is 85.6 Å². The summed E-state index contributed by atoms with van der Waals surface area (Å²) in [7, 11) is 3.06. The number of furan rings is 1. The van der Waals surface area contributed by atoms with E-state index in [1.807, 2.05) is 6.92 Å². The van der Waals surface area contributed by atoms with Crippen molar-refractivity contribution < 1.29 is 31.9 Å². The fourth-order valence-electron chi connectivity index (χ4n) is 4.11. The summed E-state index contributed by atoms with van der Waals surface area (Å²) in [5, 5.41) is 6.50. The molecule has 0 bridgehead atoms. The molecular weight excluding hydrogens is 471 g/mol. The van der Waals surface area contributed by atoms with Crippen molar-refractivity contribution in [2.45, 2.75) is 19.3 Å². The fourth-order valence-corrected chi connectivity index (χ4v) is 5.18. The molecule has 5 rings (SSSR count). The van der Waals surface area contributed by atoms with Gasteiger partial charge in [-0.2, -0.15) is 13.2 Å². The summed E-state index contributed by atoms with van der Waals surface area (Å²) in [4.78, 5) is 17.2. The highest BCUT2D eigenvalue weighted by Crippen LogP contribution is 2.47. The van der Waals surface area contributed by atoms with E-state index in [2.05, 4.69) is 15.6 Å². The number of benzene rings is 1. The molecule has 0 saturated carbocycles. The van der Waals surface area contributed by atoms with Crippen LogP contribution in [-0.2, 0) is 6.18 Å². The number of hydrogen-bond acceptors (Lipinski definition) is 7. The average molecular weight is 489 g/mol. The van der Waals surface area contributed by atoms with Gasteiger partial charge in [-0.15, -0.1) is 11.3 Å². The van der Waals surface area contributed by atoms with Crippen LogP contribution in [0.1, 0.15) is 32.7 Å². The number of amides is 1. The van der Waals surface area contributed by atoms with Crippen LogP contribution in [0.25, 0.3) is 21.5 Å². The second kappa shape index (κ2) is 7.94. The normalized spacial score (nSPS) is 15.6. The van der Waals surface area contributed by atoms with Crippen molar-refractivity contribution >= 4 is 33.1 Å². The third-order valence-corrected chi connectivity index (χ3v) is 6.71. The molecule has 2 N–H and O–H groups in total. The first-order chi connectivity index (χ1) is 16.2. The summed E-state index contributed by atoms with van der Waals surface area (Å²) in [6, 6.07) is 7.61. The predicted octanol–water partition coefficient (Wildman–Crippen LogP) is 5.75. The fraction of sp³-hybridized carbons (Fsp3) is 0.217. The molecule has 11 heteroatoms. The lowest BCUT2D eigenvalue weighted by atomic mass is 10.0. The van der Waals surface area contributed by atoms with Gasteiger partial charge in [0.1, 0.15) is 38.8 Å². The van der Waals surface area contributed by atoms with Crippen molar-refractivity contribution in [2.75, 3.05) is 19.5 Å². The first-order valence-electron chi connectivity index (χ1n) is 10.1. The lowest BCUT2D eigenvalue weighted by molar-refractivity contribution is -0.140. The van der Waals surface area contributed by atoms with Crippen LogP contribution in [0.15, 0.2) is 41.0 Å². The van der Waals surface area contributed by atoms with Gasteiger partial charge >= 0.3 is 6.18 Å². The minimum absolute atomic E-state index is 0.0763. The van der Waals surface area contributed by atoms with E-state index in [1.54, 1.807) is 31.4 Å². The van der Waals surface area contributed by atoms with Crippen LogP contribution < -0.4 is 20.1 Å². The van der Waals surface area contributed by atoms with Crippen molar-refractivity contribution in [3.63, 3.8) is 0 Å². The Labute approximate surface area is 195 Å². The predicted molar refractivity (Wildman–Crippen MR) is 120 cm³/mol. The number of nitrogens with one attached hydrogen (secondary N) is 2. The standard InChI is InChI=1S/C23H18F3N3O4S/c1-10-13(31-2)7-6-11(18(10)32-3)20-28-17-16-12(14-5-4-8-33-14)9-15(23(24,25)26)27-22(16)34-19(17)21(30)29-20/h4-9,20,28H,1-3H3,(H,29,30)/t20-/m1/s1. The Balaban J connectivity index is 1.70. The van der Waals surface area contributed by atoms with Crippen molar-refractivity contribution in [3.05, 3.63) is 58.3 Å². The molecule has 0 aliphatic carbocycles. The van der Waals surface area contributed by atoms with Crippen LogP contribution >= 0.6 is 11.3 Å². The summed E-state index contributed by atoms with van der Waals surface area (Å²) >= 11 is 0.887. The lowest BCUT2D eigenvalue weighted by Gasteiger charge is -2.28. The van der Waals surface area contributed by atoms with E-state index in [4.69, 9.17) is 13.9 Å². The molecule has 1 aromatic carbocycles. The Hall–Kier alpha value is -3.73. The van der Waals surface area contributed by atoms with Gasteiger partial charge < -0.3 is 24.5 Å². The van der Waals surface area contributed by atoms with Gasteiger partial charge in [0.15, 0.2) is 0 Å². The zero-order valence-corrected chi connectivity index (χ0v) is 19.0. The lowest BCUT2D eigenvalue weighted by Crippen LogP contribution is -2.37. The molecular formula is C23H18F3N3O4S. The smallest absolute Gasteiger partial charge is 0.433 e. The van der Waals surface area contributed by atoms with Crippen molar-refractivity contribution in [2.24, 2.45) is 0 Å². The van der Waals surface area contributed by atoms with Crippen LogP contribution in [-0.4, -0.2) is 25.1 Å². The number of anilines is 1. The second-order valence-corrected chi connectivity index (χ2v) is 8.58. The third-order valence-electron chi connectivity index (χ3n) is 5.63. The minimum atomic E-state index is -4.66. The summed E-state index contributed by atoms with van der Waals surface area (Å²) in [5.41, 5.74) is 0.899. The average Bonchev–Trinajstić information content (AvgIpc) is 3.46. The molecule has 176 valence electrons. The summed E-state index contributed by atoms with van der Waals surface area (Å²) in [6.45, 7) is 1.83. The molecule has 0 fully saturated rings. The maximum absolute atomic E-state index is 13.6. The molecule has 0 saturated heterocycles. The number of hydrogen-bond donors (Lipinski definition) is 2. The third kappa shape index (κ3) is 3.43. The highest BCUT2D eigenvalue weighted by Gasteiger charge is 2.37. The quantitative estimate of drug-likeness (QED) is 0.379. The van der Waals surface area contributed by atoms with E-state index in [0.717, 1.165) is 23.0 Å². The molecule has 0 radical (unpaired) electrons. The van der Waals surface area contributed by atoms with Crippen LogP contribution in [0.3, 0.4) is 0 Å². The van der Waals surface area contributed by atoms with E-state index in [1.165, 1.54) is 13.4 Å². The van der Waals surface area contributed by atoms with E-state index in [9.17, 15) is 18.0 Å². The maximum Gasteiger partial charge on any atom is 0.433 e. The number of methoxy groups -OCH3 is 2. The van der Waals surface area contributed by atoms with Gasteiger partial charge in [0.05, 0.1) is 26.2 Å². The van der Waals surface area contributed by atoms with E-state index in [0.29, 0.717) is 28.1 Å². The van der Waals surface area contributed by atoms with Crippen molar-refractivity contribution in [3.8, 4) is 22.8 Å². The first-order valence-corrected chi connectivity index (χ1v) is 10.9. The maximum atomic E-state index is 13.6. The first kappa shape index (κ1) is 22.1. The summed E-state index contributed by atoms with van der Waals surface area (Å²) < 4.78 is 57.0. The van der Waals surface area contributed by atoms with Gasteiger partial charge in [0.2, 0.25) is 0 Å². The van der Waals surface area contributed by atoms with Crippen LogP contribution in [0.2, 0.25) is 0 Å². The van der Waals surface area contributed by atoms with Crippen LogP contribution in [0.5, 0.6) is 11.5 Å².